The first-order valence-corrected chi connectivity index (χ1v) is 9.43. The SMILES string of the molecule is CN(C[C@@H](CC=O)c1ccc(Cl)c(Cl)c1)C(=O)c1cc(C(F)(F)F)cc(C(F)(F)F)c1. The fourth-order valence-electron chi connectivity index (χ4n) is 2.91. The second-order valence-corrected chi connectivity index (χ2v) is 7.57. The third-order valence-electron chi connectivity index (χ3n) is 4.47. The summed E-state index contributed by atoms with van der Waals surface area (Å²) in [4.78, 5) is 24.7. The van der Waals surface area contributed by atoms with Crippen LogP contribution in [0.4, 0.5) is 26.3 Å². The second-order valence-electron chi connectivity index (χ2n) is 6.75. The molecule has 0 aliphatic carbocycles. The van der Waals surface area contributed by atoms with E-state index in [4.69, 9.17) is 23.2 Å². The maximum Gasteiger partial charge on any atom is 0.416 e. The lowest BCUT2D eigenvalue weighted by Crippen LogP contribution is -2.32. The van der Waals surface area contributed by atoms with E-state index in [0.717, 1.165) is 4.90 Å². The Kier molecular flexibility index (Phi) is 7.65. The molecular weight excluding hydrogens is 471 g/mol. The molecule has 1 atom stereocenters. The number of amides is 1. The molecule has 0 bridgehead atoms. The predicted octanol–water partition coefficient (Wildman–Crippen LogP) is 6.48. The topological polar surface area (TPSA) is 37.4 Å². The van der Waals surface area contributed by atoms with Gasteiger partial charge in [-0.05, 0) is 35.9 Å². The van der Waals surface area contributed by atoms with Gasteiger partial charge in [-0.3, -0.25) is 4.79 Å². The van der Waals surface area contributed by atoms with E-state index in [1.54, 1.807) is 6.07 Å². The maximum absolute atomic E-state index is 13.0. The lowest BCUT2D eigenvalue weighted by Gasteiger charge is -2.24. The van der Waals surface area contributed by atoms with Crippen LogP contribution in [-0.2, 0) is 17.1 Å². The molecule has 11 heteroatoms. The highest BCUT2D eigenvalue weighted by Crippen LogP contribution is 2.36. The van der Waals surface area contributed by atoms with E-state index in [2.05, 4.69) is 0 Å². The number of nitrogens with zero attached hydrogens (tertiary/aromatic N) is 1. The molecule has 0 N–H and O–H groups in total. The standard InChI is InChI=1S/C20H15Cl2F6NO2/c1-29(10-12(4-5-30)11-2-3-16(21)17(22)8-11)18(31)13-6-14(19(23,24)25)9-15(7-13)20(26,27)28/h2-3,5-9,12H,4,10H2,1H3/t12-/m1/s1. The van der Waals surface area contributed by atoms with Crippen LogP contribution in [0.2, 0.25) is 10.0 Å². The monoisotopic (exact) mass is 485 g/mol. The molecule has 0 saturated carbocycles. The maximum atomic E-state index is 13.0. The average Bonchev–Trinajstić information content (AvgIpc) is 2.67. The fourth-order valence-corrected chi connectivity index (χ4v) is 3.22. The zero-order chi connectivity index (χ0) is 23.6. The molecule has 168 valence electrons. The van der Waals surface area contributed by atoms with Gasteiger partial charge in [0.05, 0.1) is 21.2 Å². The van der Waals surface area contributed by atoms with Crippen LogP contribution in [0.1, 0.15) is 39.4 Å². The van der Waals surface area contributed by atoms with Crippen LogP contribution >= 0.6 is 23.2 Å². The van der Waals surface area contributed by atoms with E-state index >= 15 is 0 Å². The molecule has 0 radical (unpaired) electrons. The largest absolute Gasteiger partial charge is 0.416 e. The Morgan fingerprint density at radius 2 is 1.52 bits per heavy atom. The number of aldehydes is 1. The van der Waals surface area contributed by atoms with Gasteiger partial charge in [0.1, 0.15) is 6.29 Å². The molecule has 31 heavy (non-hydrogen) atoms. The van der Waals surface area contributed by atoms with Crippen LogP contribution < -0.4 is 0 Å². The highest BCUT2D eigenvalue weighted by atomic mass is 35.5. The minimum absolute atomic E-state index is 0.0539. The molecule has 0 spiro atoms. The number of carbonyl (C=O) groups excluding carboxylic acids is 2. The van der Waals surface area contributed by atoms with Gasteiger partial charge in [0.15, 0.2) is 0 Å². The van der Waals surface area contributed by atoms with Crippen molar-refractivity contribution in [2.45, 2.75) is 24.7 Å². The summed E-state index contributed by atoms with van der Waals surface area (Å²) in [6.45, 7) is -0.160. The van der Waals surface area contributed by atoms with Crippen molar-refractivity contribution < 1.29 is 35.9 Å². The zero-order valence-electron chi connectivity index (χ0n) is 15.8. The fraction of sp³-hybridized carbons (Fsp3) is 0.300. The Morgan fingerprint density at radius 3 is 1.97 bits per heavy atom. The average molecular weight is 486 g/mol. The van der Waals surface area contributed by atoms with Gasteiger partial charge in [-0.15, -0.1) is 0 Å². The molecule has 1 amide bonds. The van der Waals surface area contributed by atoms with Crippen LogP contribution in [0, 0.1) is 0 Å². The normalized spacial score (nSPS) is 13.1. The summed E-state index contributed by atoms with van der Waals surface area (Å²) in [6.07, 6.45) is -9.63. The summed E-state index contributed by atoms with van der Waals surface area (Å²) in [5.74, 6) is -1.67. The molecule has 2 aromatic carbocycles. The molecular formula is C20H15Cl2F6NO2. The molecule has 3 nitrogen and oxygen atoms in total. The van der Waals surface area contributed by atoms with Gasteiger partial charge in [0.2, 0.25) is 0 Å². The summed E-state index contributed by atoms with van der Waals surface area (Å²) >= 11 is 11.8. The first-order chi connectivity index (χ1) is 14.2. The zero-order valence-corrected chi connectivity index (χ0v) is 17.3. The van der Waals surface area contributed by atoms with Crippen LogP contribution in [0.15, 0.2) is 36.4 Å². The molecule has 0 aliphatic heterocycles. The van der Waals surface area contributed by atoms with E-state index in [9.17, 15) is 35.9 Å². The van der Waals surface area contributed by atoms with Crippen LogP contribution in [-0.4, -0.2) is 30.7 Å². The van der Waals surface area contributed by atoms with Gasteiger partial charge >= 0.3 is 12.4 Å². The number of likely N-dealkylation sites (N-methyl/N-ethyl adjacent to an activating group) is 1. The van der Waals surface area contributed by atoms with E-state index < -0.39 is 40.9 Å². The molecule has 0 unspecified atom stereocenters. The summed E-state index contributed by atoms with van der Waals surface area (Å²) in [6, 6.07) is 5.18. The number of hydrogen-bond acceptors (Lipinski definition) is 2. The van der Waals surface area contributed by atoms with E-state index in [-0.39, 0.29) is 29.1 Å². The number of alkyl halides is 6. The van der Waals surface area contributed by atoms with Gasteiger partial charge < -0.3 is 9.69 Å². The van der Waals surface area contributed by atoms with Crippen molar-refractivity contribution >= 4 is 35.4 Å². The van der Waals surface area contributed by atoms with Crippen molar-refractivity contribution in [3.05, 3.63) is 68.7 Å². The molecule has 2 rings (SSSR count). The second kappa shape index (κ2) is 9.48. The molecule has 0 heterocycles. The quantitative estimate of drug-likeness (QED) is 0.347. The van der Waals surface area contributed by atoms with Crippen molar-refractivity contribution in [2.24, 2.45) is 0 Å². The molecule has 2 aromatic rings. The minimum atomic E-state index is -5.07. The van der Waals surface area contributed by atoms with Gasteiger partial charge in [-0.25, -0.2) is 0 Å². The summed E-state index contributed by atoms with van der Waals surface area (Å²) < 4.78 is 78.3. The highest BCUT2D eigenvalue weighted by molar-refractivity contribution is 6.42. The van der Waals surface area contributed by atoms with Crippen LogP contribution in [0.5, 0.6) is 0 Å². The smallest absolute Gasteiger partial charge is 0.341 e. The number of rotatable bonds is 6. The van der Waals surface area contributed by atoms with Crippen LogP contribution in [0.3, 0.4) is 0 Å². The Morgan fingerprint density at radius 1 is 0.968 bits per heavy atom. The van der Waals surface area contributed by atoms with E-state index in [1.807, 2.05) is 0 Å². The Hall–Kier alpha value is -2.26. The first-order valence-electron chi connectivity index (χ1n) is 8.67. The molecule has 0 fully saturated rings. The molecule has 0 aromatic heterocycles. The van der Waals surface area contributed by atoms with Crippen molar-refractivity contribution in [1.29, 1.82) is 0 Å². The van der Waals surface area contributed by atoms with E-state index in [0.29, 0.717) is 24.0 Å². The molecule has 0 aliphatic rings. The minimum Gasteiger partial charge on any atom is -0.341 e. The van der Waals surface area contributed by atoms with Crippen molar-refractivity contribution in [1.82, 2.24) is 4.90 Å². The van der Waals surface area contributed by atoms with Crippen molar-refractivity contribution in [3.63, 3.8) is 0 Å². The lowest BCUT2D eigenvalue weighted by molar-refractivity contribution is -0.143. The Balaban J connectivity index is 2.38. The van der Waals surface area contributed by atoms with E-state index in [1.165, 1.54) is 19.2 Å². The predicted molar refractivity (Wildman–Crippen MR) is 103 cm³/mol. The van der Waals surface area contributed by atoms with Crippen LogP contribution in [0.25, 0.3) is 0 Å². The lowest BCUT2D eigenvalue weighted by atomic mass is 9.95. The van der Waals surface area contributed by atoms with Gasteiger partial charge in [0, 0.05) is 31.5 Å². The highest BCUT2D eigenvalue weighted by Gasteiger charge is 2.37. The summed E-state index contributed by atoms with van der Waals surface area (Å²) in [7, 11) is 1.21. The van der Waals surface area contributed by atoms with Gasteiger partial charge in [-0.1, -0.05) is 29.3 Å². The molecule has 0 saturated heterocycles. The third-order valence-corrected chi connectivity index (χ3v) is 5.21. The Bertz CT molecular complexity index is 943. The number of hydrogen-bond donors (Lipinski definition) is 0. The number of halogens is 8. The van der Waals surface area contributed by atoms with Crippen molar-refractivity contribution in [3.8, 4) is 0 Å². The van der Waals surface area contributed by atoms with Crippen molar-refractivity contribution in [2.75, 3.05) is 13.6 Å². The third kappa shape index (κ3) is 6.36. The summed E-state index contributed by atoms with van der Waals surface area (Å²) in [5, 5.41) is 0.445. The first kappa shape index (κ1) is 25.0. The van der Waals surface area contributed by atoms with Gasteiger partial charge in [0.25, 0.3) is 5.91 Å². The number of benzene rings is 2. The number of carbonyl (C=O) groups is 2. The summed E-state index contributed by atoms with van der Waals surface area (Å²) in [5.41, 5.74) is -3.43. The Labute approximate surface area is 183 Å². The van der Waals surface area contributed by atoms with Gasteiger partial charge in [-0.2, -0.15) is 26.3 Å².